The Balaban J connectivity index is 1.68. The Labute approximate surface area is 164 Å². The van der Waals surface area contributed by atoms with E-state index < -0.39 is 28.5 Å². The number of thioether (sulfide) groups is 1. The second-order valence-electron chi connectivity index (χ2n) is 6.03. The number of anilines is 1. The van der Waals surface area contributed by atoms with Crippen molar-refractivity contribution in [3.05, 3.63) is 74.7 Å². The number of nitrogens with one attached hydrogen (secondary N) is 1. The van der Waals surface area contributed by atoms with Crippen LogP contribution in [0.1, 0.15) is 11.1 Å². The lowest BCUT2D eigenvalue weighted by atomic mass is 10.2. The van der Waals surface area contributed by atoms with Gasteiger partial charge in [-0.1, -0.05) is 17.7 Å². The molecular formula is C19H15N3O5S. The van der Waals surface area contributed by atoms with Gasteiger partial charge < -0.3 is 5.32 Å². The first-order valence-corrected chi connectivity index (χ1v) is 9.01. The van der Waals surface area contributed by atoms with Gasteiger partial charge in [-0.25, -0.2) is 0 Å². The predicted molar refractivity (Wildman–Crippen MR) is 106 cm³/mol. The predicted octanol–water partition coefficient (Wildman–Crippen LogP) is 3.58. The third-order valence-corrected chi connectivity index (χ3v) is 4.82. The molecule has 142 valence electrons. The molecule has 0 aromatic heterocycles. The van der Waals surface area contributed by atoms with E-state index in [1.54, 1.807) is 12.1 Å². The summed E-state index contributed by atoms with van der Waals surface area (Å²) in [6, 6.07) is 12.7. The molecule has 3 rings (SSSR count). The summed E-state index contributed by atoms with van der Waals surface area (Å²) in [6.07, 6.45) is 1.46. The van der Waals surface area contributed by atoms with Gasteiger partial charge in [0.15, 0.2) is 0 Å². The summed E-state index contributed by atoms with van der Waals surface area (Å²) >= 11 is 0.722. The number of carbonyl (C=O) groups excluding carboxylic acids is 3. The van der Waals surface area contributed by atoms with E-state index in [4.69, 9.17) is 0 Å². The highest BCUT2D eigenvalue weighted by molar-refractivity contribution is 8.18. The molecule has 2 aromatic rings. The van der Waals surface area contributed by atoms with Crippen LogP contribution in [0.25, 0.3) is 6.08 Å². The first kappa shape index (κ1) is 19.3. The topological polar surface area (TPSA) is 110 Å². The maximum absolute atomic E-state index is 12.5. The van der Waals surface area contributed by atoms with Crippen molar-refractivity contribution in [1.82, 2.24) is 4.90 Å². The molecule has 0 saturated carbocycles. The maximum Gasteiger partial charge on any atom is 0.294 e. The van der Waals surface area contributed by atoms with E-state index in [0.29, 0.717) is 11.3 Å². The number of nitro groups is 1. The van der Waals surface area contributed by atoms with Crippen molar-refractivity contribution in [2.75, 3.05) is 11.9 Å². The summed E-state index contributed by atoms with van der Waals surface area (Å²) in [5, 5.41) is 12.8. The Morgan fingerprint density at radius 2 is 1.79 bits per heavy atom. The first-order chi connectivity index (χ1) is 13.3. The van der Waals surface area contributed by atoms with Gasteiger partial charge in [-0.05, 0) is 54.6 Å². The molecule has 0 bridgehead atoms. The molecule has 0 aliphatic carbocycles. The maximum atomic E-state index is 12.5. The van der Waals surface area contributed by atoms with Gasteiger partial charge >= 0.3 is 0 Å². The number of benzene rings is 2. The second-order valence-corrected chi connectivity index (χ2v) is 7.02. The highest BCUT2D eigenvalue weighted by Gasteiger charge is 2.36. The van der Waals surface area contributed by atoms with Crippen molar-refractivity contribution in [3.63, 3.8) is 0 Å². The fraction of sp³-hybridized carbons (Fsp3) is 0.105. The van der Waals surface area contributed by atoms with Crippen molar-refractivity contribution < 1.29 is 19.3 Å². The van der Waals surface area contributed by atoms with E-state index in [-0.39, 0.29) is 10.6 Å². The SMILES string of the molecule is Cc1ccc(NC(=O)CN2C(=O)S/C(=C\c3ccc([N+](=O)[O-])cc3)C2=O)cc1. The molecule has 0 unspecified atom stereocenters. The molecule has 8 nitrogen and oxygen atoms in total. The third-order valence-electron chi connectivity index (χ3n) is 3.91. The number of carbonyl (C=O) groups is 3. The summed E-state index contributed by atoms with van der Waals surface area (Å²) in [4.78, 5) is 47.9. The minimum absolute atomic E-state index is 0.0713. The van der Waals surface area contributed by atoms with Crippen molar-refractivity contribution in [1.29, 1.82) is 0 Å². The molecule has 0 atom stereocenters. The Morgan fingerprint density at radius 3 is 2.39 bits per heavy atom. The van der Waals surface area contributed by atoms with Crippen LogP contribution < -0.4 is 5.32 Å². The number of imide groups is 1. The van der Waals surface area contributed by atoms with Gasteiger partial charge in [0.25, 0.3) is 16.8 Å². The largest absolute Gasteiger partial charge is 0.325 e. The average molecular weight is 397 g/mol. The molecule has 0 radical (unpaired) electrons. The van der Waals surface area contributed by atoms with E-state index in [9.17, 15) is 24.5 Å². The number of aryl methyl sites for hydroxylation is 1. The van der Waals surface area contributed by atoms with Crippen molar-refractivity contribution in [3.8, 4) is 0 Å². The van der Waals surface area contributed by atoms with Crippen LogP contribution in [-0.4, -0.2) is 33.4 Å². The smallest absolute Gasteiger partial charge is 0.294 e. The molecule has 2 aromatic carbocycles. The van der Waals surface area contributed by atoms with Gasteiger partial charge in [0.2, 0.25) is 5.91 Å². The molecular weight excluding hydrogens is 382 g/mol. The molecule has 1 aliphatic rings. The number of non-ortho nitro benzene ring substituents is 1. The van der Waals surface area contributed by atoms with Crippen LogP contribution in [0, 0.1) is 17.0 Å². The third kappa shape index (κ3) is 4.44. The lowest BCUT2D eigenvalue weighted by Gasteiger charge is -2.12. The Morgan fingerprint density at radius 1 is 1.14 bits per heavy atom. The van der Waals surface area contributed by atoms with Crippen LogP contribution in [-0.2, 0) is 9.59 Å². The summed E-state index contributed by atoms with van der Waals surface area (Å²) in [5.41, 5.74) is 2.09. The monoisotopic (exact) mass is 397 g/mol. The summed E-state index contributed by atoms with van der Waals surface area (Å²) in [5.74, 6) is -1.06. The lowest BCUT2D eigenvalue weighted by molar-refractivity contribution is -0.384. The number of nitro benzene ring substituents is 1. The fourth-order valence-corrected chi connectivity index (χ4v) is 3.30. The van der Waals surface area contributed by atoms with Gasteiger partial charge in [0.05, 0.1) is 9.83 Å². The average Bonchev–Trinajstić information content (AvgIpc) is 2.91. The standard InChI is InChI=1S/C19H15N3O5S/c1-12-2-6-14(7-3-12)20-17(23)11-21-18(24)16(28-19(21)25)10-13-4-8-15(9-5-13)22(26)27/h2-10H,11H2,1H3,(H,20,23)/b16-10-. The number of rotatable bonds is 5. The molecule has 1 N–H and O–H groups in total. The number of hydrogen-bond donors (Lipinski definition) is 1. The van der Waals surface area contributed by atoms with Crippen molar-refractivity contribution in [2.24, 2.45) is 0 Å². The summed E-state index contributed by atoms with van der Waals surface area (Å²) in [7, 11) is 0. The van der Waals surface area contributed by atoms with Crippen LogP contribution in [0.15, 0.2) is 53.4 Å². The highest BCUT2D eigenvalue weighted by atomic mass is 32.2. The quantitative estimate of drug-likeness (QED) is 0.469. The molecule has 1 saturated heterocycles. The molecule has 3 amide bonds. The molecule has 0 spiro atoms. The van der Waals surface area contributed by atoms with E-state index >= 15 is 0 Å². The van der Waals surface area contributed by atoms with Crippen LogP contribution in [0.5, 0.6) is 0 Å². The van der Waals surface area contributed by atoms with Crippen LogP contribution in [0.4, 0.5) is 16.2 Å². The van der Waals surface area contributed by atoms with Gasteiger partial charge in [0, 0.05) is 17.8 Å². The van der Waals surface area contributed by atoms with Crippen molar-refractivity contribution in [2.45, 2.75) is 6.92 Å². The number of amides is 3. The van der Waals surface area contributed by atoms with Gasteiger partial charge in [-0.15, -0.1) is 0 Å². The second kappa shape index (κ2) is 8.05. The Bertz CT molecular complexity index is 984. The van der Waals surface area contributed by atoms with E-state index in [2.05, 4.69) is 5.32 Å². The summed E-state index contributed by atoms with van der Waals surface area (Å²) < 4.78 is 0. The van der Waals surface area contributed by atoms with Gasteiger partial charge in [0.1, 0.15) is 6.54 Å². The normalized spacial score (nSPS) is 15.2. The zero-order valence-electron chi connectivity index (χ0n) is 14.7. The number of hydrogen-bond acceptors (Lipinski definition) is 6. The molecule has 1 aliphatic heterocycles. The van der Waals surface area contributed by atoms with Gasteiger partial charge in [-0.2, -0.15) is 0 Å². The Hall–Kier alpha value is -3.46. The molecule has 28 heavy (non-hydrogen) atoms. The van der Waals surface area contributed by atoms with E-state index in [0.717, 1.165) is 22.2 Å². The van der Waals surface area contributed by atoms with Crippen LogP contribution in [0.3, 0.4) is 0 Å². The molecule has 1 heterocycles. The number of nitrogens with zero attached hydrogens (tertiary/aromatic N) is 2. The minimum atomic E-state index is -0.576. The van der Waals surface area contributed by atoms with Crippen LogP contribution >= 0.6 is 11.8 Å². The summed E-state index contributed by atoms with van der Waals surface area (Å²) in [6.45, 7) is 1.53. The van der Waals surface area contributed by atoms with E-state index in [1.807, 2.05) is 19.1 Å². The first-order valence-electron chi connectivity index (χ1n) is 8.20. The van der Waals surface area contributed by atoms with Crippen LogP contribution in [0.2, 0.25) is 0 Å². The fourth-order valence-electron chi connectivity index (χ4n) is 2.46. The minimum Gasteiger partial charge on any atom is -0.325 e. The highest BCUT2D eigenvalue weighted by Crippen LogP contribution is 2.32. The zero-order chi connectivity index (χ0) is 20.3. The van der Waals surface area contributed by atoms with Gasteiger partial charge in [-0.3, -0.25) is 29.4 Å². The Kier molecular flexibility index (Phi) is 5.55. The van der Waals surface area contributed by atoms with Crippen molar-refractivity contribution >= 4 is 46.3 Å². The molecule has 1 fully saturated rings. The molecule has 9 heteroatoms. The lowest BCUT2D eigenvalue weighted by Crippen LogP contribution is -2.36. The zero-order valence-corrected chi connectivity index (χ0v) is 15.6. The van der Waals surface area contributed by atoms with E-state index in [1.165, 1.54) is 30.3 Å².